The van der Waals surface area contributed by atoms with Gasteiger partial charge in [-0.1, -0.05) is 12.1 Å². The molecule has 0 bridgehead atoms. The van der Waals surface area contributed by atoms with Crippen molar-refractivity contribution in [3.8, 4) is 5.75 Å². The molecule has 25 heavy (non-hydrogen) atoms. The summed E-state index contributed by atoms with van der Waals surface area (Å²) >= 11 is 1.22. The van der Waals surface area contributed by atoms with Gasteiger partial charge in [0.1, 0.15) is 5.75 Å². The van der Waals surface area contributed by atoms with Crippen LogP contribution in [0.1, 0.15) is 18.4 Å². The topological polar surface area (TPSA) is 76.1 Å². The van der Waals surface area contributed by atoms with Crippen molar-refractivity contribution < 1.29 is 24.2 Å². The summed E-state index contributed by atoms with van der Waals surface area (Å²) in [4.78, 5) is 27.4. The van der Waals surface area contributed by atoms with Crippen LogP contribution in [0.5, 0.6) is 5.75 Å². The summed E-state index contributed by atoms with van der Waals surface area (Å²) in [5.41, 5.74) is 1.07. The van der Waals surface area contributed by atoms with E-state index in [1.54, 1.807) is 31.4 Å². The molecule has 0 saturated carbocycles. The lowest BCUT2D eigenvalue weighted by Crippen LogP contribution is -2.37. The van der Waals surface area contributed by atoms with Gasteiger partial charge in [0.25, 0.3) is 11.8 Å². The van der Waals surface area contributed by atoms with Crippen molar-refractivity contribution in [1.29, 1.82) is 0 Å². The van der Waals surface area contributed by atoms with Gasteiger partial charge < -0.3 is 14.6 Å². The van der Waals surface area contributed by atoms with Crippen molar-refractivity contribution in [3.05, 3.63) is 34.7 Å². The lowest BCUT2D eigenvalue weighted by atomic mass is 10.1. The summed E-state index contributed by atoms with van der Waals surface area (Å²) in [5.74, 6) is 0.444. The van der Waals surface area contributed by atoms with Crippen LogP contribution in [-0.2, 0) is 14.3 Å². The molecule has 2 aliphatic heterocycles. The predicted octanol–water partition coefficient (Wildman–Crippen LogP) is 1.68. The minimum Gasteiger partial charge on any atom is -0.497 e. The molecule has 1 unspecified atom stereocenters. The third-order valence-corrected chi connectivity index (χ3v) is 5.31. The van der Waals surface area contributed by atoms with Crippen LogP contribution in [0.3, 0.4) is 0 Å². The van der Waals surface area contributed by atoms with Crippen molar-refractivity contribution in [3.63, 3.8) is 0 Å². The third kappa shape index (κ3) is 3.73. The molecular formula is C18H21NO5S. The predicted molar refractivity (Wildman–Crippen MR) is 95.2 cm³/mol. The van der Waals surface area contributed by atoms with E-state index >= 15 is 0 Å². The first-order valence-corrected chi connectivity index (χ1v) is 9.24. The number of amides is 2. The zero-order valence-electron chi connectivity index (χ0n) is 14.1. The molecule has 134 valence electrons. The Morgan fingerprint density at radius 3 is 2.64 bits per heavy atom. The first-order chi connectivity index (χ1) is 12.2. The molecule has 2 heterocycles. The van der Waals surface area contributed by atoms with Crippen LogP contribution in [0.15, 0.2) is 29.2 Å². The largest absolute Gasteiger partial charge is 0.497 e. The fourth-order valence-corrected chi connectivity index (χ4v) is 3.88. The summed E-state index contributed by atoms with van der Waals surface area (Å²) in [6.07, 6.45) is 1.71. The number of aliphatic hydroxyl groups is 1. The Morgan fingerprint density at radius 1 is 1.28 bits per heavy atom. The second-order valence-electron chi connectivity index (χ2n) is 5.86. The zero-order chi connectivity index (χ0) is 17.8. The smallest absolute Gasteiger partial charge is 0.268 e. The molecule has 1 fully saturated rings. The quantitative estimate of drug-likeness (QED) is 0.743. The van der Waals surface area contributed by atoms with Gasteiger partial charge in [-0.25, -0.2) is 0 Å². The van der Waals surface area contributed by atoms with Gasteiger partial charge in [-0.2, -0.15) is 0 Å². The van der Waals surface area contributed by atoms with E-state index in [4.69, 9.17) is 14.6 Å². The molecule has 1 aromatic rings. The van der Waals surface area contributed by atoms with E-state index in [0.717, 1.165) is 12.8 Å². The third-order valence-electron chi connectivity index (χ3n) is 4.25. The Balaban J connectivity index is 1.89. The standard InChI is InChI=1S/C18H21NO5S/c1-23-13-6-4-12(5-7-13)15-16(25-10-8-20)18(22)19(17(15)21)11-14-3-2-9-24-14/h4-7,14,20H,2-3,8-11H2,1H3. The first kappa shape index (κ1) is 18.0. The molecule has 6 nitrogen and oxygen atoms in total. The van der Waals surface area contributed by atoms with Crippen molar-refractivity contribution in [1.82, 2.24) is 4.90 Å². The number of aliphatic hydroxyl groups excluding tert-OH is 1. The fourth-order valence-electron chi connectivity index (χ4n) is 3.01. The molecule has 1 aromatic carbocycles. The second-order valence-corrected chi connectivity index (χ2v) is 6.97. The molecule has 7 heteroatoms. The highest BCUT2D eigenvalue weighted by Crippen LogP contribution is 2.37. The molecule has 0 radical (unpaired) electrons. The van der Waals surface area contributed by atoms with E-state index in [-0.39, 0.29) is 31.1 Å². The Bertz CT molecular complexity index is 679. The van der Waals surface area contributed by atoms with Gasteiger partial charge >= 0.3 is 0 Å². The summed E-state index contributed by atoms with van der Waals surface area (Å²) in [6, 6.07) is 7.07. The van der Waals surface area contributed by atoms with Crippen LogP contribution in [0.25, 0.3) is 5.57 Å². The van der Waals surface area contributed by atoms with E-state index in [2.05, 4.69) is 0 Å². The van der Waals surface area contributed by atoms with Gasteiger partial charge in [-0.15, -0.1) is 11.8 Å². The molecule has 2 aliphatic rings. The number of nitrogens with zero attached hydrogens (tertiary/aromatic N) is 1. The van der Waals surface area contributed by atoms with Crippen LogP contribution in [-0.4, -0.2) is 60.5 Å². The number of hydrogen-bond donors (Lipinski definition) is 1. The van der Waals surface area contributed by atoms with Gasteiger partial charge in [-0.05, 0) is 30.5 Å². The van der Waals surface area contributed by atoms with Crippen molar-refractivity contribution in [2.24, 2.45) is 0 Å². The lowest BCUT2D eigenvalue weighted by molar-refractivity contribution is -0.138. The first-order valence-electron chi connectivity index (χ1n) is 8.26. The van der Waals surface area contributed by atoms with Crippen molar-refractivity contribution in [2.75, 3.05) is 32.6 Å². The number of benzene rings is 1. The number of carbonyl (C=O) groups is 2. The van der Waals surface area contributed by atoms with Crippen LogP contribution in [0.2, 0.25) is 0 Å². The van der Waals surface area contributed by atoms with E-state index in [0.29, 0.717) is 34.2 Å². The van der Waals surface area contributed by atoms with Gasteiger partial charge in [0, 0.05) is 12.4 Å². The highest BCUT2D eigenvalue weighted by atomic mass is 32.2. The zero-order valence-corrected chi connectivity index (χ0v) is 14.9. The minimum absolute atomic E-state index is 0.0583. The molecule has 0 aliphatic carbocycles. The molecule has 3 rings (SSSR count). The molecular weight excluding hydrogens is 342 g/mol. The SMILES string of the molecule is COc1ccc(C2=C(SCCO)C(=O)N(CC3CCCO3)C2=O)cc1. The highest BCUT2D eigenvalue weighted by Gasteiger charge is 2.40. The number of hydrogen-bond acceptors (Lipinski definition) is 6. The summed E-state index contributed by atoms with van der Waals surface area (Å²) < 4.78 is 10.7. The van der Waals surface area contributed by atoms with Crippen molar-refractivity contribution in [2.45, 2.75) is 18.9 Å². The average molecular weight is 363 g/mol. The van der Waals surface area contributed by atoms with E-state index < -0.39 is 0 Å². The number of imide groups is 1. The average Bonchev–Trinajstić information content (AvgIpc) is 3.22. The molecule has 2 amide bonds. The van der Waals surface area contributed by atoms with Gasteiger partial charge in [0.2, 0.25) is 0 Å². The normalized spacial score (nSPS) is 20.7. The van der Waals surface area contributed by atoms with Crippen molar-refractivity contribution >= 4 is 29.1 Å². The Morgan fingerprint density at radius 2 is 2.04 bits per heavy atom. The van der Waals surface area contributed by atoms with Crippen LogP contribution < -0.4 is 4.74 Å². The molecule has 1 N–H and O–H groups in total. The number of thioether (sulfide) groups is 1. The lowest BCUT2D eigenvalue weighted by Gasteiger charge is -2.19. The second kappa shape index (κ2) is 8.03. The highest BCUT2D eigenvalue weighted by molar-refractivity contribution is 8.04. The monoisotopic (exact) mass is 363 g/mol. The number of methoxy groups -OCH3 is 1. The fraction of sp³-hybridized carbons (Fsp3) is 0.444. The van der Waals surface area contributed by atoms with Crippen LogP contribution in [0, 0.1) is 0 Å². The number of rotatable bonds is 7. The van der Waals surface area contributed by atoms with E-state index in [1.807, 2.05) is 0 Å². The minimum atomic E-state index is -0.301. The summed E-state index contributed by atoms with van der Waals surface area (Å²) in [7, 11) is 1.57. The number of carbonyl (C=O) groups excluding carboxylic acids is 2. The maximum absolute atomic E-state index is 12.9. The van der Waals surface area contributed by atoms with Gasteiger partial charge in [0.05, 0.1) is 36.8 Å². The molecule has 1 saturated heterocycles. The molecule has 0 aromatic heterocycles. The van der Waals surface area contributed by atoms with Gasteiger partial charge in [-0.3, -0.25) is 14.5 Å². The number of ether oxygens (including phenoxy) is 2. The molecule has 1 atom stereocenters. The maximum Gasteiger partial charge on any atom is 0.268 e. The van der Waals surface area contributed by atoms with E-state index in [9.17, 15) is 9.59 Å². The molecule has 0 spiro atoms. The summed E-state index contributed by atoms with van der Waals surface area (Å²) in [6.45, 7) is 0.892. The maximum atomic E-state index is 12.9. The Hall–Kier alpha value is -1.83. The van der Waals surface area contributed by atoms with Crippen LogP contribution in [0.4, 0.5) is 0 Å². The Kier molecular flexibility index (Phi) is 5.78. The summed E-state index contributed by atoms with van der Waals surface area (Å²) in [5, 5.41) is 9.11. The Labute approximate surface area is 150 Å². The van der Waals surface area contributed by atoms with Gasteiger partial charge in [0.15, 0.2) is 0 Å². The van der Waals surface area contributed by atoms with E-state index in [1.165, 1.54) is 16.7 Å². The van der Waals surface area contributed by atoms with Crippen LogP contribution >= 0.6 is 11.8 Å².